The normalized spacial score (nSPS) is 11.5. The third kappa shape index (κ3) is 21.6. The van der Waals surface area contributed by atoms with Gasteiger partial charge in [0.15, 0.2) is 0 Å². The van der Waals surface area contributed by atoms with Crippen LogP contribution in [0.3, 0.4) is 0 Å². The molecule has 0 amide bonds. The molecular formula is C39H71. The fourth-order valence-electron chi connectivity index (χ4n) is 6.32. The molecule has 0 aliphatic carbocycles. The molecule has 227 valence electrons. The molecule has 1 radical (unpaired) electrons. The van der Waals surface area contributed by atoms with Gasteiger partial charge in [-0.25, -0.2) is 0 Å². The van der Waals surface area contributed by atoms with E-state index in [4.69, 9.17) is 0 Å². The van der Waals surface area contributed by atoms with Crippen LogP contribution in [0.4, 0.5) is 0 Å². The van der Waals surface area contributed by atoms with Gasteiger partial charge in [-0.1, -0.05) is 193 Å². The minimum absolute atomic E-state index is 1.03. The molecule has 1 rings (SSSR count). The lowest BCUT2D eigenvalue weighted by Crippen LogP contribution is -2.01. The molecule has 0 N–H and O–H groups in total. The highest BCUT2D eigenvalue weighted by atomic mass is 14.1. The second kappa shape index (κ2) is 28.7. The van der Waals surface area contributed by atoms with E-state index < -0.39 is 0 Å². The highest BCUT2D eigenvalue weighted by Crippen LogP contribution is 2.23. The molecule has 0 saturated carbocycles. The van der Waals surface area contributed by atoms with Gasteiger partial charge in [-0.3, -0.25) is 0 Å². The summed E-state index contributed by atoms with van der Waals surface area (Å²) in [5, 5.41) is 0. The van der Waals surface area contributed by atoms with Crippen molar-refractivity contribution in [1.82, 2.24) is 0 Å². The van der Waals surface area contributed by atoms with Crippen LogP contribution in [0.1, 0.15) is 204 Å². The Labute approximate surface area is 247 Å². The summed E-state index contributed by atoms with van der Waals surface area (Å²) in [7, 11) is 0. The summed E-state index contributed by atoms with van der Waals surface area (Å²) in [5.74, 6) is 0. The summed E-state index contributed by atoms with van der Waals surface area (Å²) in [6.45, 7) is 8.81. The molecular weight excluding hydrogens is 468 g/mol. The van der Waals surface area contributed by atoms with Gasteiger partial charge < -0.3 is 0 Å². The number of unbranched alkanes of at least 4 members (excludes halogenated alkanes) is 24. The maximum Gasteiger partial charge on any atom is -0.0273 e. The highest BCUT2D eigenvalue weighted by Gasteiger charge is 2.08. The van der Waals surface area contributed by atoms with Crippen molar-refractivity contribution in [3.63, 3.8) is 0 Å². The predicted molar refractivity (Wildman–Crippen MR) is 179 cm³/mol. The van der Waals surface area contributed by atoms with E-state index >= 15 is 0 Å². The minimum atomic E-state index is 1.03. The van der Waals surface area contributed by atoms with Gasteiger partial charge >= 0.3 is 0 Å². The molecule has 1 aromatic carbocycles. The molecule has 0 spiro atoms. The quantitative estimate of drug-likeness (QED) is 0.0853. The van der Waals surface area contributed by atoms with E-state index in [1.165, 1.54) is 186 Å². The van der Waals surface area contributed by atoms with E-state index in [1.807, 2.05) is 0 Å². The van der Waals surface area contributed by atoms with E-state index in [-0.39, 0.29) is 0 Å². The van der Waals surface area contributed by atoms with Gasteiger partial charge in [-0.2, -0.15) is 0 Å². The summed E-state index contributed by atoms with van der Waals surface area (Å²) < 4.78 is 0. The lowest BCUT2D eigenvalue weighted by atomic mass is 9.91. The number of hydrogen-bond acceptors (Lipinski definition) is 0. The van der Waals surface area contributed by atoms with Gasteiger partial charge in [-0.05, 0) is 55.2 Å². The Morgan fingerprint density at radius 1 is 0.385 bits per heavy atom. The maximum absolute atomic E-state index is 4.20. The predicted octanol–water partition coefficient (Wildman–Crippen LogP) is 13.7. The largest absolute Gasteiger partial charge is 0.0654 e. The van der Waals surface area contributed by atoms with Gasteiger partial charge in [0.1, 0.15) is 0 Å². The van der Waals surface area contributed by atoms with Gasteiger partial charge in [0.05, 0.1) is 0 Å². The van der Waals surface area contributed by atoms with Crippen LogP contribution in [0, 0.1) is 6.92 Å². The molecule has 0 heteroatoms. The summed E-state index contributed by atoms with van der Waals surface area (Å²) in [4.78, 5) is 0. The molecule has 0 heterocycles. The Hall–Kier alpha value is -0.780. The van der Waals surface area contributed by atoms with Gasteiger partial charge in [-0.15, -0.1) is 0 Å². The van der Waals surface area contributed by atoms with E-state index in [2.05, 4.69) is 39.0 Å². The highest BCUT2D eigenvalue weighted by molar-refractivity contribution is 5.36. The Balaban J connectivity index is 2.11. The molecule has 1 aromatic rings. The van der Waals surface area contributed by atoms with E-state index in [0.29, 0.717) is 0 Å². The van der Waals surface area contributed by atoms with Crippen LogP contribution in [0.5, 0.6) is 0 Å². The van der Waals surface area contributed by atoms with Crippen molar-refractivity contribution < 1.29 is 0 Å². The molecule has 0 saturated heterocycles. The van der Waals surface area contributed by atoms with Gasteiger partial charge in [0.25, 0.3) is 0 Å². The fourth-order valence-corrected chi connectivity index (χ4v) is 6.32. The molecule has 0 unspecified atom stereocenters. The lowest BCUT2D eigenvalue weighted by molar-refractivity contribution is 0.538. The summed E-state index contributed by atoms with van der Waals surface area (Å²) in [5.41, 5.74) is 4.92. The topological polar surface area (TPSA) is 0 Å². The molecule has 0 aliphatic heterocycles. The average molecular weight is 540 g/mol. The first-order chi connectivity index (χ1) is 19.3. The lowest BCUT2D eigenvalue weighted by Gasteiger charge is -2.15. The second-order valence-electron chi connectivity index (χ2n) is 12.6. The van der Waals surface area contributed by atoms with Crippen molar-refractivity contribution in [2.45, 2.75) is 206 Å². The van der Waals surface area contributed by atoms with Gasteiger partial charge in [0, 0.05) is 0 Å². The summed E-state index contributed by atoms with van der Waals surface area (Å²) in [6.07, 6.45) is 42.1. The average Bonchev–Trinajstić information content (AvgIpc) is 2.95. The monoisotopic (exact) mass is 540 g/mol. The molecule has 0 aromatic heterocycles. The molecule has 0 aliphatic rings. The van der Waals surface area contributed by atoms with E-state index in [0.717, 1.165) is 6.42 Å². The zero-order chi connectivity index (χ0) is 28.1. The number of hydrogen-bond donors (Lipinski definition) is 0. The molecule has 0 bridgehead atoms. The third-order valence-electron chi connectivity index (χ3n) is 8.90. The first-order valence-corrected chi connectivity index (χ1v) is 18.2. The Morgan fingerprint density at radius 2 is 0.667 bits per heavy atom. The van der Waals surface area contributed by atoms with Crippen molar-refractivity contribution in [3.05, 3.63) is 41.8 Å². The molecule has 39 heavy (non-hydrogen) atoms. The van der Waals surface area contributed by atoms with Crippen molar-refractivity contribution in [2.24, 2.45) is 0 Å². The number of aryl methyl sites for hydroxylation is 2. The van der Waals surface area contributed by atoms with Crippen molar-refractivity contribution in [1.29, 1.82) is 0 Å². The van der Waals surface area contributed by atoms with Crippen molar-refractivity contribution >= 4 is 0 Å². The van der Waals surface area contributed by atoms with Crippen molar-refractivity contribution in [3.8, 4) is 0 Å². The third-order valence-corrected chi connectivity index (χ3v) is 8.90. The SMILES string of the molecule is [CH2]CCc1c(CCCCCCCCCCCCCCC)cccc1CCCCCCCCCCCCCCC. The zero-order valence-electron chi connectivity index (χ0n) is 27.2. The van der Waals surface area contributed by atoms with E-state index in [1.54, 1.807) is 16.7 Å². The first-order valence-electron chi connectivity index (χ1n) is 18.2. The minimum Gasteiger partial charge on any atom is -0.0654 e. The van der Waals surface area contributed by atoms with Crippen LogP contribution < -0.4 is 0 Å². The molecule has 0 atom stereocenters. The second-order valence-corrected chi connectivity index (χ2v) is 12.6. The van der Waals surface area contributed by atoms with Crippen LogP contribution in [0.15, 0.2) is 18.2 Å². The zero-order valence-corrected chi connectivity index (χ0v) is 27.2. The maximum atomic E-state index is 4.20. The smallest absolute Gasteiger partial charge is 0.0273 e. The van der Waals surface area contributed by atoms with Crippen LogP contribution in [0.2, 0.25) is 0 Å². The van der Waals surface area contributed by atoms with Crippen LogP contribution >= 0.6 is 0 Å². The van der Waals surface area contributed by atoms with E-state index in [9.17, 15) is 0 Å². The Bertz CT molecular complexity index is 566. The van der Waals surface area contributed by atoms with Crippen LogP contribution in [0.25, 0.3) is 0 Å². The number of rotatable bonds is 30. The Kier molecular flexibility index (Phi) is 26.7. The van der Waals surface area contributed by atoms with Gasteiger partial charge in [0.2, 0.25) is 0 Å². The Morgan fingerprint density at radius 3 is 0.949 bits per heavy atom. The molecule has 0 nitrogen and oxygen atoms in total. The summed E-state index contributed by atoms with van der Waals surface area (Å²) >= 11 is 0. The van der Waals surface area contributed by atoms with Crippen molar-refractivity contribution in [2.75, 3.05) is 0 Å². The van der Waals surface area contributed by atoms with Crippen LogP contribution in [-0.2, 0) is 19.3 Å². The summed E-state index contributed by atoms with van der Waals surface area (Å²) in [6, 6.07) is 7.17. The first kappa shape index (κ1) is 36.2. The number of benzene rings is 1. The van der Waals surface area contributed by atoms with Crippen LogP contribution in [-0.4, -0.2) is 0 Å². The molecule has 0 fully saturated rings. The standard InChI is InChI=1S/C39H71/c1-4-7-9-11-13-15-17-19-21-23-25-27-29-33-37-35-31-36-38(39(37)32-6-3)34-30-28-26-24-22-20-18-16-14-12-10-8-5-2/h31,35-36H,3-30,32-34H2,1-2H3. The fraction of sp³-hybridized carbons (Fsp3) is 0.821.